The van der Waals surface area contributed by atoms with Crippen molar-refractivity contribution in [3.63, 3.8) is 0 Å². The number of hydrogen-bond acceptors (Lipinski definition) is 2. The summed E-state index contributed by atoms with van der Waals surface area (Å²) in [6, 6.07) is 22.2. The fourth-order valence-corrected chi connectivity index (χ4v) is 4.55. The smallest absolute Gasteiger partial charge is 0.307 e. The van der Waals surface area contributed by atoms with Crippen LogP contribution in [-0.4, -0.2) is 6.03 Å². The molecular weight excluding hydrogens is 352 g/mol. The second kappa shape index (κ2) is 7.49. The molecule has 0 unspecified atom stereocenters. The first kappa shape index (κ1) is 17.7. The Morgan fingerprint density at radius 3 is 1.85 bits per heavy atom. The van der Waals surface area contributed by atoms with Crippen molar-refractivity contribution in [2.24, 2.45) is 0 Å². The Labute approximate surface area is 164 Å². The second-order valence-corrected chi connectivity index (χ2v) is 7.55. The molecule has 3 nitrogen and oxygen atoms in total. The Morgan fingerprint density at radius 2 is 1.33 bits per heavy atom. The van der Waals surface area contributed by atoms with Crippen LogP contribution in [0, 0.1) is 0 Å². The van der Waals surface area contributed by atoms with Crippen molar-refractivity contribution < 1.29 is 4.79 Å². The van der Waals surface area contributed by atoms with Crippen molar-refractivity contribution in [2.45, 2.75) is 36.5 Å². The first-order valence-corrected chi connectivity index (χ1v) is 10.1. The number of carbonyl (C=O) groups is 1. The SMILES string of the molecule is CCc1cccc(CC)c1NC(=O)N1c2ccccc2Sc2ccccc21. The third-order valence-electron chi connectivity index (χ3n) is 4.87. The molecule has 27 heavy (non-hydrogen) atoms. The van der Waals surface area contributed by atoms with Crippen LogP contribution in [0.4, 0.5) is 21.9 Å². The van der Waals surface area contributed by atoms with Gasteiger partial charge in [-0.05, 0) is 48.2 Å². The van der Waals surface area contributed by atoms with E-state index < -0.39 is 0 Å². The minimum absolute atomic E-state index is 0.120. The number of benzene rings is 3. The molecule has 0 saturated heterocycles. The molecule has 136 valence electrons. The molecule has 4 rings (SSSR count). The van der Waals surface area contributed by atoms with Gasteiger partial charge >= 0.3 is 6.03 Å². The molecule has 1 heterocycles. The molecule has 0 atom stereocenters. The van der Waals surface area contributed by atoms with E-state index in [9.17, 15) is 4.79 Å². The molecule has 0 spiro atoms. The van der Waals surface area contributed by atoms with Crippen LogP contribution in [0.2, 0.25) is 0 Å². The fourth-order valence-electron chi connectivity index (χ4n) is 3.49. The molecule has 0 radical (unpaired) electrons. The number of carbonyl (C=O) groups excluding carboxylic acids is 1. The van der Waals surface area contributed by atoms with Gasteiger partial charge in [0.15, 0.2) is 0 Å². The number of nitrogens with one attached hydrogen (secondary N) is 1. The minimum atomic E-state index is -0.120. The standard InChI is InChI=1S/C23H22N2OS/c1-3-16-10-9-11-17(4-2)22(16)24-23(26)25-18-12-5-7-14-20(18)27-21-15-8-6-13-19(21)25/h5-15H,3-4H2,1-2H3,(H,24,26). The highest BCUT2D eigenvalue weighted by atomic mass is 32.2. The number of amides is 2. The Hall–Kier alpha value is -2.72. The van der Waals surface area contributed by atoms with Crippen LogP contribution < -0.4 is 10.2 Å². The summed E-state index contributed by atoms with van der Waals surface area (Å²) in [6.07, 6.45) is 1.76. The molecule has 1 aliphatic rings. The zero-order valence-electron chi connectivity index (χ0n) is 15.5. The van der Waals surface area contributed by atoms with Gasteiger partial charge in [0, 0.05) is 15.5 Å². The summed E-state index contributed by atoms with van der Waals surface area (Å²) < 4.78 is 0. The van der Waals surface area contributed by atoms with Gasteiger partial charge in [-0.1, -0.05) is 68.1 Å². The van der Waals surface area contributed by atoms with Crippen LogP contribution >= 0.6 is 11.8 Å². The van der Waals surface area contributed by atoms with Crippen LogP contribution in [0.1, 0.15) is 25.0 Å². The Kier molecular flexibility index (Phi) is 4.90. The van der Waals surface area contributed by atoms with Gasteiger partial charge in [0.05, 0.1) is 11.4 Å². The van der Waals surface area contributed by atoms with Crippen LogP contribution in [0.5, 0.6) is 0 Å². The van der Waals surface area contributed by atoms with Gasteiger partial charge in [-0.25, -0.2) is 4.79 Å². The third-order valence-corrected chi connectivity index (χ3v) is 6.00. The van der Waals surface area contributed by atoms with E-state index in [1.807, 2.05) is 36.4 Å². The number of rotatable bonds is 3. The minimum Gasteiger partial charge on any atom is -0.307 e. The van der Waals surface area contributed by atoms with Crippen LogP contribution in [0.25, 0.3) is 0 Å². The molecule has 4 heteroatoms. The topological polar surface area (TPSA) is 32.3 Å². The average Bonchev–Trinajstić information content (AvgIpc) is 2.71. The molecule has 0 fully saturated rings. The molecule has 0 aromatic heterocycles. The molecule has 0 aliphatic carbocycles. The number of anilines is 3. The number of hydrogen-bond donors (Lipinski definition) is 1. The average molecular weight is 375 g/mol. The van der Waals surface area contributed by atoms with Gasteiger partial charge in [-0.2, -0.15) is 0 Å². The lowest BCUT2D eigenvalue weighted by atomic mass is 10.0. The summed E-state index contributed by atoms with van der Waals surface area (Å²) in [5, 5.41) is 3.21. The van der Waals surface area contributed by atoms with E-state index >= 15 is 0 Å². The third kappa shape index (κ3) is 3.21. The van der Waals surface area contributed by atoms with E-state index in [-0.39, 0.29) is 6.03 Å². The molecule has 1 aliphatic heterocycles. The number of urea groups is 1. The highest BCUT2D eigenvalue weighted by Crippen LogP contribution is 2.48. The maximum atomic E-state index is 13.4. The molecule has 0 bridgehead atoms. The molecule has 3 aromatic rings. The van der Waals surface area contributed by atoms with Gasteiger partial charge in [0.1, 0.15) is 0 Å². The second-order valence-electron chi connectivity index (χ2n) is 6.46. The van der Waals surface area contributed by atoms with Crippen molar-refractivity contribution in [1.29, 1.82) is 0 Å². The zero-order chi connectivity index (χ0) is 18.8. The van der Waals surface area contributed by atoms with Crippen molar-refractivity contribution >= 4 is 34.9 Å². The highest BCUT2D eigenvalue weighted by molar-refractivity contribution is 7.99. The van der Waals surface area contributed by atoms with Gasteiger partial charge in [0.25, 0.3) is 0 Å². The quantitative estimate of drug-likeness (QED) is 0.557. The largest absolute Gasteiger partial charge is 0.331 e. The van der Waals surface area contributed by atoms with Gasteiger partial charge in [0.2, 0.25) is 0 Å². The first-order chi connectivity index (χ1) is 13.2. The van der Waals surface area contributed by atoms with Gasteiger partial charge in [-0.3, -0.25) is 4.90 Å². The lowest BCUT2D eigenvalue weighted by Crippen LogP contribution is -2.33. The van der Waals surface area contributed by atoms with E-state index in [4.69, 9.17) is 0 Å². The Balaban J connectivity index is 1.78. The van der Waals surface area contributed by atoms with Crippen molar-refractivity contribution in [1.82, 2.24) is 0 Å². The van der Waals surface area contributed by atoms with Crippen LogP contribution in [0.3, 0.4) is 0 Å². The van der Waals surface area contributed by atoms with Crippen LogP contribution in [0.15, 0.2) is 76.5 Å². The van der Waals surface area contributed by atoms with E-state index in [1.54, 1.807) is 16.7 Å². The summed E-state index contributed by atoms with van der Waals surface area (Å²) in [5.41, 5.74) is 5.11. The maximum Gasteiger partial charge on any atom is 0.331 e. The molecule has 0 saturated carbocycles. The van der Waals surface area contributed by atoms with Crippen LogP contribution in [-0.2, 0) is 12.8 Å². The normalized spacial score (nSPS) is 12.3. The predicted octanol–water partition coefficient (Wildman–Crippen LogP) is 6.65. The maximum absolute atomic E-state index is 13.4. The zero-order valence-corrected chi connectivity index (χ0v) is 16.3. The lowest BCUT2D eigenvalue weighted by Gasteiger charge is -2.31. The van der Waals surface area contributed by atoms with Crippen molar-refractivity contribution in [3.05, 3.63) is 77.9 Å². The Morgan fingerprint density at radius 1 is 0.815 bits per heavy atom. The summed E-state index contributed by atoms with van der Waals surface area (Å²) in [7, 11) is 0. The Bertz CT molecular complexity index is 931. The summed E-state index contributed by atoms with van der Waals surface area (Å²) in [6.45, 7) is 4.24. The van der Waals surface area contributed by atoms with E-state index in [0.29, 0.717) is 0 Å². The molecule has 3 aromatic carbocycles. The number of aryl methyl sites for hydroxylation is 2. The summed E-state index contributed by atoms with van der Waals surface area (Å²) in [5.74, 6) is 0. The molecule has 2 amide bonds. The van der Waals surface area contributed by atoms with Crippen molar-refractivity contribution in [3.8, 4) is 0 Å². The number of fused-ring (bicyclic) bond motifs is 2. The lowest BCUT2D eigenvalue weighted by molar-refractivity contribution is 0.258. The predicted molar refractivity (Wildman–Crippen MR) is 113 cm³/mol. The fraction of sp³-hybridized carbons (Fsp3) is 0.174. The van der Waals surface area contributed by atoms with E-state index in [1.165, 1.54) is 0 Å². The molecular formula is C23H22N2OS. The van der Waals surface area contributed by atoms with Crippen molar-refractivity contribution in [2.75, 3.05) is 10.2 Å². The number of para-hydroxylation sites is 3. The molecule has 1 N–H and O–H groups in total. The van der Waals surface area contributed by atoms with Gasteiger partial charge < -0.3 is 5.32 Å². The first-order valence-electron chi connectivity index (χ1n) is 9.30. The monoisotopic (exact) mass is 374 g/mol. The van der Waals surface area contributed by atoms with E-state index in [2.05, 4.69) is 49.5 Å². The van der Waals surface area contributed by atoms with E-state index in [0.717, 1.165) is 50.8 Å². The summed E-state index contributed by atoms with van der Waals surface area (Å²) >= 11 is 1.70. The summed E-state index contributed by atoms with van der Waals surface area (Å²) in [4.78, 5) is 17.4. The highest BCUT2D eigenvalue weighted by Gasteiger charge is 2.28. The number of nitrogens with zero attached hydrogens (tertiary/aromatic N) is 1. The van der Waals surface area contributed by atoms with Gasteiger partial charge in [-0.15, -0.1) is 0 Å².